The molecule has 0 radical (unpaired) electrons. The van der Waals surface area contributed by atoms with Crippen molar-refractivity contribution < 1.29 is 14.6 Å². The van der Waals surface area contributed by atoms with E-state index in [0.29, 0.717) is 29.7 Å². The minimum absolute atomic E-state index is 0.270. The topological polar surface area (TPSA) is 95.4 Å². The molecule has 0 aliphatic carbocycles. The lowest BCUT2D eigenvalue weighted by atomic mass is 10.0. The minimum Gasteiger partial charge on any atom is -0.489 e. The maximum Gasteiger partial charge on any atom is 0.335 e. The molecule has 46 heavy (non-hydrogen) atoms. The van der Waals surface area contributed by atoms with Crippen LogP contribution in [0, 0.1) is 0 Å². The van der Waals surface area contributed by atoms with E-state index in [1.165, 1.54) is 11.3 Å². The molecule has 10 heteroatoms. The maximum atomic E-state index is 11.6. The molecule has 0 unspecified atom stereocenters. The molecule has 3 heterocycles. The number of aromatic carboxylic acids is 1. The summed E-state index contributed by atoms with van der Waals surface area (Å²) in [6.07, 6.45) is 2.65. The molecule has 3 N–H and O–H groups in total. The van der Waals surface area contributed by atoms with Gasteiger partial charge in [0.2, 0.25) is 0 Å². The Morgan fingerprint density at radius 1 is 1.15 bits per heavy atom. The molecule has 5 aromatic rings. The number of hydrogen-bond acceptors (Lipinski definition) is 5. The number of aromatic amines is 1. The fourth-order valence-electron chi connectivity index (χ4n) is 5.52. The molecule has 1 aliphatic heterocycles. The third-order valence-corrected chi connectivity index (χ3v) is 8.22. The summed E-state index contributed by atoms with van der Waals surface area (Å²) in [7, 11) is 0. The summed E-state index contributed by atoms with van der Waals surface area (Å²) in [4.78, 5) is 22.6. The molecule has 244 valence electrons. The van der Waals surface area contributed by atoms with Crippen LogP contribution in [-0.4, -0.2) is 50.1 Å². The van der Waals surface area contributed by atoms with E-state index in [2.05, 4.69) is 45.4 Å². The molecule has 3 aromatic carbocycles. The van der Waals surface area contributed by atoms with Crippen molar-refractivity contribution in [3.63, 3.8) is 0 Å². The molecule has 1 aliphatic rings. The van der Waals surface area contributed by atoms with Crippen LogP contribution >= 0.6 is 23.2 Å². The standard InChI is InChI=1S/C31H31Cl2N5O3.C3H6.C2H6/c1-2-34-10-12-38-29-13-19(31(39)40)4-7-28(29)36-30(38)17-37-11-9-27-24(16-37)23-15-22(6-8-26(23)35-27)41-18-20-3-5-21(32)14-25(20)33;1-3-2;1-2/h3-8,13-15,34-35H,2,9-12,16-18H2,1H3,(H,39,40);3H,1H2,2H3;1-2H3. The van der Waals surface area contributed by atoms with Crippen LogP contribution in [0.3, 0.4) is 0 Å². The summed E-state index contributed by atoms with van der Waals surface area (Å²) in [6, 6.07) is 16.7. The fourth-order valence-corrected chi connectivity index (χ4v) is 5.98. The zero-order chi connectivity index (χ0) is 33.2. The predicted molar refractivity (Wildman–Crippen MR) is 189 cm³/mol. The molecule has 0 spiro atoms. The highest BCUT2D eigenvalue weighted by Gasteiger charge is 2.23. The summed E-state index contributed by atoms with van der Waals surface area (Å²) in [5.74, 6) is 0.782. The van der Waals surface area contributed by atoms with Crippen molar-refractivity contribution in [1.82, 2.24) is 24.8 Å². The largest absolute Gasteiger partial charge is 0.489 e. The van der Waals surface area contributed by atoms with Gasteiger partial charge in [0, 0.05) is 64.8 Å². The van der Waals surface area contributed by atoms with Crippen LogP contribution in [0.4, 0.5) is 0 Å². The number of H-pyrrole nitrogens is 1. The van der Waals surface area contributed by atoms with Gasteiger partial charge in [-0.3, -0.25) is 4.90 Å². The van der Waals surface area contributed by atoms with Gasteiger partial charge in [-0.05, 0) is 67.6 Å². The highest BCUT2D eigenvalue weighted by atomic mass is 35.5. The van der Waals surface area contributed by atoms with E-state index >= 15 is 0 Å². The second-order valence-electron chi connectivity index (χ2n) is 10.7. The fraction of sp³-hybridized carbons (Fsp3) is 0.333. The minimum atomic E-state index is -0.935. The first kappa shape index (κ1) is 35.0. The Hall–Kier alpha value is -3.82. The number of benzene rings is 3. The van der Waals surface area contributed by atoms with E-state index in [9.17, 15) is 9.90 Å². The van der Waals surface area contributed by atoms with Crippen LogP contribution in [0.2, 0.25) is 10.0 Å². The average molecular weight is 665 g/mol. The van der Waals surface area contributed by atoms with Crippen molar-refractivity contribution in [2.75, 3.05) is 19.6 Å². The number of nitrogens with zero attached hydrogens (tertiary/aromatic N) is 3. The maximum absolute atomic E-state index is 11.6. The van der Waals surface area contributed by atoms with E-state index < -0.39 is 5.97 Å². The van der Waals surface area contributed by atoms with Gasteiger partial charge in [-0.25, -0.2) is 9.78 Å². The van der Waals surface area contributed by atoms with E-state index in [1.54, 1.807) is 30.3 Å². The van der Waals surface area contributed by atoms with Crippen LogP contribution in [0.5, 0.6) is 5.75 Å². The number of hydrogen-bond donors (Lipinski definition) is 3. The van der Waals surface area contributed by atoms with E-state index in [-0.39, 0.29) is 5.56 Å². The number of halogens is 2. The van der Waals surface area contributed by atoms with Gasteiger partial charge in [-0.15, -0.1) is 6.58 Å². The number of fused-ring (bicyclic) bond motifs is 4. The molecule has 0 saturated carbocycles. The second kappa shape index (κ2) is 16.7. The zero-order valence-electron chi connectivity index (χ0n) is 27.0. The lowest BCUT2D eigenvalue weighted by Crippen LogP contribution is -2.31. The zero-order valence-corrected chi connectivity index (χ0v) is 28.5. The monoisotopic (exact) mass is 663 g/mol. The molecule has 0 bridgehead atoms. The Balaban J connectivity index is 0.000000908. The molecular formula is C36H43Cl2N5O3. The SMILES string of the molecule is C=CC.CC.CCNCCn1c(CN2CCc3[nH]c4ccc(OCc5ccc(Cl)cc5Cl)cc4c3C2)nc2ccc(C(=O)O)cc21. The second-order valence-corrected chi connectivity index (χ2v) is 11.6. The molecule has 8 nitrogen and oxygen atoms in total. The van der Waals surface area contributed by atoms with Gasteiger partial charge in [0.15, 0.2) is 0 Å². The van der Waals surface area contributed by atoms with Gasteiger partial charge in [0.05, 0.1) is 23.1 Å². The number of imidazole rings is 1. The van der Waals surface area contributed by atoms with Crippen LogP contribution in [0.15, 0.2) is 67.3 Å². The van der Waals surface area contributed by atoms with E-state index in [1.807, 2.05) is 39.0 Å². The highest BCUT2D eigenvalue weighted by molar-refractivity contribution is 6.35. The summed E-state index contributed by atoms with van der Waals surface area (Å²) >= 11 is 12.4. The van der Waals surface area contributed by atoms with Gasteiger partial charge in [0.25, 0.3) is 0 Å². The van der Waals surface area contributed by atoms with Gasteiger partial charge < -0.3 is 24.7 Å². The van der Waals surface area contributed by atoms with Crippen LogP contribution in [0.25, 0.3) is 21.9 Å². The first-order valence-electron chi connectivity index (χ1n) is 15.7. The smallest absolute Gasteiger partial charge is 0.335 e. The van der Waals surface area contributed by atoms with Crippen molar-refractivity contribution in [3.8, 4) is 5.75 Å². The molecule has 0 saturated heterocycles. The van der Waals surface area contributed by atoms with Gasteiger partial charge >= 0.3 is 5.97 Å². The van der Waals surface area contributed by atoms with Gasteiger partial charge in [-0.2, -0.15) is 0 Å². The van der Waals surface area contributed by atoms with Crippen molar-refractivity contribution >= 4 is 51.1 Å². The number of aromatic nitrogens is 3. The lowest BCUT2D eigenvalue weighted by Gasteiger charge is -2.27. The van der Waals surface area contributed by atoms with Crippen molar-refractivity contribution in [2.45, 2.75) is 60.4 Å². The summed E-state index contributed by atoms with van der Waals surface area (Å²) in [5.41, 5.74) is 6.43. The molecule has 0 amide bonds. The molecule has 6 rings (SSSR count). The van der Waals surface area contributed by atoms with Gasteiger partial charge in [0.1, 0.15) is 18.2 Å². The van der Waals surface area contributed by atoms with Crippen molar-refractivity contribution in [2.24, 2.45) is 0 Å². The first-order valence-corrected chi connectivity index (χ1v) is 16.5. The quantitative estimate of drug-likeness (QED) is 0.102. The van der Waals surface area contributed by atoms with Gasteiger partial charge in [-0.1, -0.05) is 56.1 Å². The molecule has 0 fully saturated rings. The molecular weight excluding hydrogens is 621 g/mol. The first-order chi connectivity index (χ1) is 22.3. The number of likely N-dealkylation sites (N-methyl/N-ethyl adjacent to an activating group) is 1. The summed E-state index contributed by atoms with van der Waals surface area (Å²) in [6.45, 7) is 16.4. The Morgan fingerprint density at radius 2 is 1.93 bits per heavy atom. The Kier molecular flexibility index (Phi) is 12.7. The number of allylic oxidation sites excluding steroid dienone is 1. The molecule has 0 atom stereocenters. The highest BCUT2D eigenvalue weighted by Crippen LogP contribution is 2.32. The average Bonchev–Trinajstić information content (AvgIpc) is 3.58. The number of nitrogens with one attached hydrogen (secondary N) is 2. The molecule has 2 aromatic heterocycles. The van der Waals surface area contributed by atoms with Crippen LogP contribution in [-0.2, 0) is 32.7 Å². The lowest BCUT2D eigenvalue weighted by molar-refractivity contribution is 0.0697. The van der Waals surface area contributed by atoms with E-state index in [4.69, 9.17) is 32.9 Å². The summed E-state index contributed by atoms with van der Waals surface area (Å²) < 4.78 is 8.27. The Labute approximate surface area is 281 Å². The Bertz CT molecular complexity index is 1800. The van der Waals surface area contributed by atoms with Crippen LogP contribution in [0.1, 0.15) is 60.7 Å². The van der Waals surface area contributed by atoms with Crippen molar-refractivity contribution in [3.05, 3.63) is 106 Å². The third kappa shape index (κ3) is 8.30. The summed E-state index contributed by atoms with van der Waals surface area (Å²) in [5, 5.41) is 15.2. The number of carbonyl (C=O) groups is 1. The number of carboxylic acids is 1. The Morgan fingerprint density at radius 3 is 2.65 bits per heavy atom. The van der Waals surface area contributed by atoms with Crippen molar-refractivity contribution in [1.29, 1.82) is 0 Å². The van der Waals surface area contributed by atoms with E-state index in [0.717, 1.165) is 71.7 Å². The normalized spacial score (nSPS) is 12.6. The number of ether oxygens (including phenoxy) is 1. The third-order valence-electron chi connectivity index (χ3n) is 7.64. The predicted octanol–water partition coefficient (Wildman–Crippen LogP) is 8.49. The number of carboxylic acid groups (broad SMARTS) is 1. The number of rotatable bonds is 10. The van der Waals surface area contributed by atoms with Crippen LogP contribution < -0.4 is 10.1 Å².